The van der Waals surface area contributed by atoms with Gasteiger partial charge in [0.2, 0.25) is 0 Å². The van der Waals surface area contributed by atoms with Crippen LogP contribution in [0.2, 0.25) is 0 Å². The lowest BCUT2D eigenvalue weighted by molar-refractivity contribution is 0.0992. The Hall–Kier alpha value is -2.68. The molecule has 3 heteroatoms. The zero-order valence-electron chi connectivity index (χ0n) is 10.00. The van der Waals surface area contributed by atoms with Crippen LogP contribution in [-0.2, 0) is 0 Å². The molecule has 1 aliphatic rings. The van der Waals surface area contributed by atoms with Crippen molar-refractivity contribution in [1.82, 2.24) is 0 Å². The van der Waals surface area contributed by atoms with Crippen LogP contribution < -0.4 is 4.74 Å². The van der Waals surface area contributed by atoms with E-state index in [1.165, 1.54) is 12.2 Å². The van der Waals surface area contributed by atoms with Crippen LogP contribution in [0.4, 0.5) is 0 Å². The van der Waals surface area contributed by atoms with E-state index in [2.05, 4.69) is 0 Å². The Balaban J connectivity index is 2.07. The highest BCUT2D eigenvalue weighted by atomic mass is 16.5. The first-order valence-electron chi connectivity index (χ1n) is 5.88. The summed E-state index contributed by atoms with van der Waals surface area (Å²) in [6, 6.07) is 14.2. The van der Waals surface area contributed by atoms with E-state index in [1.807, 2.05) is 18.2 Å². The van der Waals surface area contributed by atoms with Gasteiger partial charge in [-0.1, -0.05) is 30.3 Å². The van der Waals surface area contributed by atoms with Crippen molar-refractivity contribution < 1.29 is 14.3 Å². The molecule has 2 aromatic rings. The minimum Gasteiger partial charge on any atom is -0.457 e. The number of fused-ring (bicyclic) bond motifs is 1. The molecule has 0 spiro atoms. The molecule has 2 aromatic carbocycles. The molecule has 0 aliphatic heterocycles. The molecule has 0 aromatic heterocycles. The van der Waals surface area contributed by atoms with Gasteiger partial charge >= 0.3 is 0 Å². The largest absolute Gasteiger partial charge is 0.457 e. The van der Waals surface area contributed by atoms with Crippen molar-refractivity contribution in [3.8, 4) is 11.5 Å². The number of ketones is 2. The average Bonchev–Trinajstić information content (AvgIpc) is 2.44. The monoisotopic (exact) mass is 250 g/mol. The molecule has 19 heavy (non-hydrogen) atoms. The summed E-state index contributed by atoms with van der Waals surface area (Å²) in [5.41, 5.74) is 0.722. The molecule has 0 saturated carbocycles. The highest BCUT2D eigenvalue weighted by molar-refractivity contribution is 6.23. The summed E-state index contributed by atoms with van der Waals surface area (Å²) in [5.74, 6) is 0.659. The van der Waals surface area contributed by atoms with Gasteiger partial charge in [0.1, 0.15) is 11.5 Å². The Morgan fingerprint density at radius 3 is 2.26 bits per heavy atom. The predicted octanol–water partition coefficient (Wildman–Crippen LogP) is 3.41. The van der Waals surface area contributed by atoms with Gasteiger partial charge in [-0.2, -0.15) is 0 Å². The molecule has 0 saturated heterocycles. The first-order chi connectivity index (χ1) is 9.25. The molecule has 0 N–H and O–H groups in total. The zero-order valence-corrected chi connectivity index (χ0v) is 10.00. The minimum atomic E-state index is -0.207. The molecule has 0 bridgehead atoms. The van der Waals surface area contributed by atoms with E-state index in [1.54, 1.807) is 30.3 Å². The maximum Gasteiger partial charge on any atom is 0.190 e. The Labute approximate surface area is 110 Å². The molecule has 1 aliphatic carbocycles. The smallest absolute Gasteiger partial charge is 0.190 e. The van der Waals surface area contributed by atoms with Crippen molar-refractivity contribution in [2.24, 2.45) is 0 Å². The Morgan fingerprint density at radius 1 is 0.737 bits per heavy atom. The van der Waals surface area contributed by atoms with Gasteiger partial charge < -0.3 is 4.74 Å². The SMILES string of the molecule is O=C1C=CC(=O)c2c(Oc3ccccc3)cccc21. The molecule has 0 unspecified atom stereocenters. The number of rotatable bonds is 2. The van der Waals surface area contributed by atoms with Crippen LogP contribution in [0.25, 0.3) is 0 Å². The van der Waals surface area contributed by atoms with Crippen LogP contribution in [-0.4, -0.2) is 11.6 Å². The number of hydrogen-bond acceptors (Lipinski definition) is 3. The molecule has 3 rings (SSSR count). The number of para-hydroxylation sites is 1. The third-order valence-electron chi connectivity index (χ3n) is 2.90. The maximum absolute atomic E-state index is 11.9. The van der Waals surface area contributed by atoms with Gasteiger partial charge in [0.15, 0.2) is 11.6 Å². The van der Waals surface area contributed by atoms with Gasteiger partial charge in [-0.15, -0.1) is 0 Å². The number of carbonyl (C=O) groups is 2. The van der Waals surface area contributed by atoms with Crippen LogP contribution in [0.3, 0.4) is 0 Å². The highest BCUT2D eigenvalue weighted by Gasteiger charge is 2.23. The minimum absolute atomic E-state index is 0.173. The Kier molecular flexibility index (Phi) is 2.72. The number of allylic oxidation sites excluding steroid dienone is 2. The first kappa shape index (κ1) is 11.4. The third-order valence-corrected chi connectivity index (χ3v) is 2.90. The summed E-state index contributed by atoms with van der Waals surface area (Å²) in [6.07, 6.45) is 2.57. The van der Waals surface area contributed by atoms with Crippen molar-refractivity contribution in [3.05, 3.63) is 71.8 Å². The summed E-state index contributed by atoms with van der Waals surface area (Å²) in [5, 5.41) is 0. The molecule has 0 atom stereocenters. The van der Waals surface area contributed by atoms with Gasteiger partial charge in [-0.25, -0.2) is 0 Å². The average molecular weight is 250 g/mol. The third kappa shape index (κ3) is 2.06. The van der Waals surface area contributed by atoms with E-state index in [9.17, 15) is 9.59 Å². The molecule has 92 valence electrons. The zero-order chi connectivity index (χ0) is 13.2. The van der Waals surface area contributed by atoms with E-state index >= 15 is 0 Å². The molecule has 0 amide bonds. The quantitative estimate of drug-likeness (QED) is 0.820. The van der Waals surface area contributed by atoms with Crippen molar-refractivity contribution in [2.75, 3.05) is 0 Å². The second-order valence-corrected chi connectivity index (χ2v) is 4.16. The lowest BCUT2D eigenvalue weighted by atomic mass is 9.94. The van der Waals surface area contributed by atoms with Gasteiger partial charge in [0.25, 0.3) is 0 Å². The fraction of sp³-hybridized carbons (Fsp3) is 0. The molecule has 0 radical (unpaired) electrons. The lowest BCUT2D eigenvalue weighted by Crippen LogP contribution is -2.12. The maximum atomic E-state index is 11.9. The Morgan fingerprint density at radius 2 is 1.47 bits per heavy atom. The topological polar surface area (TPSA) is 43.4 Å². The highest BCUT2D eigenvalue weighted by Crippen LogP contribution is 2.30. The second-order valence-electron chi connectivity index (χ2n) is 4.16. The van der Waals surface area contributed by atoms with Crippen molar-refractivity contribution >= 4 is 11.6 Å². The molecule has 0 fully saturated rings. The van der Waals surface area contributed by atoms with Crippen LogP contribution >= 0.6 is 0 Å². The van der Waals surface area contributed by atoms with Crippen molar-refractivity contribution in [2.45, 2.75) is 0 Å². The van der Waals surface area contributed by atoms with Gasteiger partial charge in [-0.3, -0.25) is 9.59 Å². The lowest BCUT2D eigenvalue weighted by Gasteiger charge is -2.14. The fourth-order valence-electron chi connectivity index (χ4n) is 2.02. The normalized spacial score (nSPS) is 13.3. The number of carbonyl (C=O) groups excluding carboxylic acids is 2. The van der Waals surface area contributed by atoms with Crippen LogP contribution in [0, 0.1) is 0 Å². The standard InChI is InChI=1S/C16H10O3/c17-13-9-10-14(18)16-12(13)7-4-8-15(16)19-11-5-2-1-3-6-11/h1-10H. The summed E-state index contributed by atoms with van der Waals surface area (Å²) < 4.78 is 5.69. The first-order valence-corrected chi connectivity index (χ1v) is 5.88. The summed E-state index contributed by atoms with van der Waals surface area (Å²) in [7, 11) is 0. The van der Waals surface area contributed by atoms with E-state index in [-0.39, 0.29) is 11.6 Å². The molecule has 0 heterocycles. The second kappa shape index (κ2) is 4.53. The molecular weight excluding hydrogens is 240 g/mol. The Bertz CT molecular complexity index is 684. The predicted molar refractivity (Wildman–Crippen MR) is 70.8 cm³/mol. The number of ether oxygens (including phenoxy) is 1. The van der Waals surface area contributed by atoms with E-state index in [4.69, 9.17) is 4.74 Å². The number of benzene rings is 2. The summed E-state index contributed by atoms with van der Waals surface area (Å²) in [4.78, 5) is 23.7. The van der Waals surface area contributed by atoms with Crippen molar-refractivity contribution in [1.29, 1.82) is 0 Å². The van der Waals surface area contributed by atoms with Gasteiger partial charge in [0, 0.05) is 5.56 Å². The van der Waals surface area contributed by atoms with Gasteiger partial charge in [0.05, 0.1) is 5.56 Å². The fourth-order valence-corrected chi connectivity index (χ4v) is 2.02. The van der Waals surface area contributed by atoms with E-state index in [0.29, 0.717) is 22.6 Å². The van der Waals surface area contributed by atoms with Crippen LogP contribution in [0.1, 0.15) is 20.7 Å². The summed E-state index contributed by atoms with van der Waals surface area (Å²) in [6.45, 7) is 0. The van der Waals surface area contributed by atoms with E-state index < -0.39 is 0 Å². The van der Waals surface area contributed by atoms with Gasteiger partial charge in [-0.05, 0) is 30.4 Å². The molecular formula is C16H10O3. The summed E-state index contributed by atoms with van der Waals surface area (Å²) >= 11 is 0. The van der Waals surface area contributed by atoms with Crippen molar-refractivity contribution in [3.63, 3.8) is 0 Å². The number of hydrogen-bond donors (Lipinski definition) is 0. The van der Waals surface area contributed by atoms with Crippen LogP contribution in [0.5, 0.6) is 11.5 Å². The van der Waals surface area contributed by atoms with E-state index in [0.717, 1.165) is 0 Å². The van der Waals surface area contributed by atoms with Crippen LogP contribution in [0.15, 0.2) is 60.7 Å². The molecule has 3 nitrogen and oxygen atoms in total.